The molecule has 0 saturated carbocycles. The van der Waals surface area contributed by atoms with Gasteiger partial charge in [-0.2, -0.15) is 4.31 Å². The lowest BCUT2D eigenvalue weighted by molar-refractivity contribution is -0.131. The maximum absolute atomic E-state index is 12.2. The summed E-state index contributed by atoms with van der Waals surface area (Å²) in [5.74, 6) is -0.247. The minimum atomic E-state index is -3.65. The van der Waals surface area contributed by atoms with E-state index in [0.29, 0.717) is 4.34 Å². The van der Waals surface area contributed by atoms with Crippen LogP contribution in [0.1, 0.15) is 13.8 Å². The van der Waals surface area contributed by atoms with E-state index in [2.05, 4.69) is 0 Å². The molecule has 0 spiro atoms. The topological polar surface area (TPSA) is 57.7 Å². The second kappa shape index (κ2) is 6.21. The van der Waals surface area contributed by atoms with Gasteiger partial charge in [0.2, 0.25) is 5.91 Å². The van der Waals surface area contributed by atoms with Crippen LogP contribution < -0.4 is 0 Å². The van der Waals surface area contributed by atoms with Gasteiger partial charge in [0.1, 0.15) is 4.21 Å². The van der Waals surface area contributed by atoms with Gasteiger partial charge in [-0.05, 0) is 26.0 Å². The molecular formula is C11H17ClN2O3S2. The number of likely N-dealkylation sites (N-methyl/N-ethyl adjacent to an activating group) is 2. The molecule has 5 nitrogen and oxygen atoms in total. The number of halogens is 1. The predicted molar refractivity (Wildman–Crippen MR) is 77.1 cm³/mol. The fourth-order valence-corrected chi connectivity index (χ4v) is 4.08. The highest BCUT2D eigenvalue weighted by Crippen LogP contribution is 2.27. The molecule has 1 aromatic rings. The zero-order valence-corrected chi connectivity index (χ0v) is 13.6. The summed E-state index contributed by atoms with van der Waals surface area (Å²) in [7, 11) is -0.620. The maximum Gasteiger partial charge on any atom is 0.252 e. The van der Waals surface area contributed by atoms with Crippen molar-refractivity contribution in [1.29, 1.82) is 0 Å². The number of nitrogens with zero attached hydrogens (tertiary/aromatic N) is 2. The molecule has 19 heavy (non-hydrogen) atoms. The van der Waals surface area contributed by atoms with Gasteiger partial charge in [-0.15, -0.1) is 11.3 Å². The Morgan fingerprint density at radius 2 is 1.95 bits per heavy atom. The molecular weight excluding hydrogens is 308 g/mol. The van der Waals surface area contributed by atoms with Crippen molar-refractivity contribution >= 4 is 38.9 Å². The third kappa shape index (κ3) is 3.92. The first-order chi connectivity index (χ1) is 8.66. The van der Waals surface area contributed by atoms with Crippen LogP contribution in [0, 0.1) is 0 Å². The van der Waals surface area contributed by atoms with Crippen molar-refractivity contribution < 1.29 is 13.2 Å². The number of hydrogen-bond donors (Lipinski definition) is 0. The summed E-state index contributed by atoms with van der Waals surface area (Å²) in [6, 6.07) is 2.99. The van der Waals surface area contributed by atoms with E-state index in [1.54, 1.807) is 7.05 Å². The SMILES string of the molecule is CC(C)N(C)C(=O)CN(C)S(=O)(=O)c1ccc(Cl)s1. The zero-order chi connectivity index (χ0) is 14.8. The second-order valence-electron chi connectivity index (χ2n) is 4.42. The second-order valence-corrected chi connectivity index (χ2v) is 8.40. The molecule has 0 aliphatic carbocycles. The maximum atomic E-state index is 12.2. The fourth-order valence-electron chi connectivity index (χ4n) is 1.26. The number of carbonyl (C=O) groups excluding carboxylic acids is 1. The van der Waals surface area contributed by atoms with Crippen molar-refractivity contribution in [2.45, 2.75) is 24.1 Å². The summed E-state index contributed by atoms with van der Waals surface area (Å²) in [6.07, 6.45) is 0. The molecule has 0 radical (unpaired) electrons. The lowest BCUT2D eigenvalue weighted by atomic mass is 10.3. The number of rotatable bonds is 5. The van der Waals surface area contributed by atoms with Gasteiger partial charge in [-0.3, -0.25) is 4.79 Å². The van der Waals surface area contributed by atoms with E-state index in [1.807, 2.05) is 13.8 Å². The molecule has 0 bridgehead atoms. The van der Waals surface area contributed by atoms with Crippen LogP contribution in [0.2, 0.25) is 4.34 Å². The summed E-state index contributed by atoms with van der Waals surface area (Å²) < 4.78 is 25.9. The molecule has 0 saturated heterocycles. The van der Waals surface area contributed by atoms with Gasteiger partial charge in [0, 0.05) is 20.1 Å². The van der Waals surface area contributed by atoms with Crippen LogP contribution in [0.25, 0.3) is 0 Å². The van der Waals surface area contributed by atoms with E-state index in [4.69, 9.17) is 11.6 Å². The van der Waals surface area contributed by atoms with Crippen LogP contribution in [0.15, 0.2) is 16.3 Å². The van der Waals surface area contributed by atoms with Gasteiger partial charge in [0.05, 0.1) is 10.9 Å². The molecule has 1 heterocycles. The van der Waals surface area contributed by atoms with Gasteiger partial charge in [0.25, 0.3) is 10.0 Å². The van der Waals surface area contributed by atoms with E-state index in [-0.39, 0.29) is 22.7 Å². The Kier molecular flexibility index (Phi) is 5.37. The molecule has 8 heteroatoms. The average molecular weight is 325 g/mol. The van der Waals surface area contributed by atoms with E-state index < -0.39 is 10.0 Å². The third-order valence-electron chi connectivity index (χ3n) is 2.74. The van der Waals surface area contributed by atoms with Crippen molar-refractivity contribution in [1.82, 2.24) is 9.21 Å². The van der Waals surface area contributed by atoms with Crippen LogP contribution in [0.3, 0.4) is 0 Å². The summed E-state index contributed by atoms with van der Waals surface area (Å²) >= 11 is 6.70. The Morgan fingerprint density at radius 3 is 2.37 bits per heavy atom. The first kappa shape index (κ1) is 16.4. The number of carbonyl (C=O) groups is 1. The standard InChI is InChI=1S/C11H17ClN2O3S2/c1-8(2)14(4)10(15)7-13(3)19(16,17)11-6-5-9(12)18-11/h5-6,8H,7H2,1-4H3. The van der Waals surface area contributed by atoms with Gasteiger partial charge < -0.3 is 4.90 Å². The monoisotopic (exact) mass is 324 g/mol. The molecule has 108 valence electrons. The molecule has 1 rings (SSSR count). The van der Waals surface area contributed by atoms with Crippen LogP contribution >= 0.6 is 22.9 Å². The molecule has 0 fully saturated rings. The Bertz CT molecular complexity index is 554. The van der Waals surface area contributed by atoms with Crippen molar-refractivity contribution in [3.8, 4) is 0 Å². The summed E-state index contributed by atoms with van der Waals surface area (Å²) in [4.78, 5) is 13.4. The molecule has 1 aromatic heterocycles. The Hall–Kier alpha value is -0.630. The minimum Gasteiger partial charge on any atom is -0.342 e. The molecule has 0 aliphatic heterocycles. The Balaban J connectivity index is 2.83. The molecule has 0 aliphatic rings. The highest BCUT2D eigenvalue weighted by molar-refractivity contribution is 7.91. The first-order valence-corrected chi connectivity index (χ1v) is 8.27. The summed E-state index contributed by atoms with van der Waals surface area (Å²) in [5, 5.41) is 0. The largest absolute Gasteiger partial charge is 0.342 e. The number of amides is 1. The lowest BCUT2D eigenvalue weighted by Gasteiger charge is -2.24. The van der Waals surface area contributed by atoms with Gasteiger partial charge in [-0.25, -0.2) is 8.42 Å². The zero-order valence-electron chi connectivity index (χ0n) is 11.3. The predicted octanol–water partition coefficient (Wildman–Crippen LogP) is 1.89. The van der Waals surface area contributed by atoms with Crippen LogP contribution in [0.4, 0.5) is 0 Å². The Labute approximate surface area is 122 Å². The highest BCUT2D eigenvalue weighted by atomic mass is 35.5. The summed E-state index contributed by atoms with van der Waals surface area (Å²) in [5.41, 5.74) is 0. The van der Waals surface area contributed by atoms with Crippen molar-refractivity contribution in [3.63, 3.8) is 0 Å². The number of hydrogen-bond acceptors (Lipinski definition) is 4. The van der Waals surface area contributed by atoms with Crippen molar-refractivity contribution in [2.75, 3.05) is 20.6 Å². The number of thiophene rings is 1. The van der Waals surface area contributed by atoms with Gasteiger partial charge in [0.15, 0.2) is 0 Å². The quantitative estimate of drug-likeness (QED) is 0.831. The minimum absolute atomic E-state index is 0.0276. The van der Waals surface area contributed by atoms with Crippen LogP contribution in [0.5, 0.6) is 0 Å². The smallest absolute Gasteiger partial charge is 0.252 e. The van der Waals surface area contributed by atoms with Crippen molar-refractivity contribution in [3.05, 3.63) is 16.5 Å². The first-order valence-electron chi connectivity index (χ1n) is 5.63. The molecule has 1 amide bonds. The van der Waals surface area contributed by atoms with Crippen LogP contribution in [-0.4, -0.2) is 50.2 Å². The van der Waals surface area contributed by atoms with Gasteiger partial charge >= 0.3 is 0 Å². The Morgan fingerprint density at radius 1 is 1.37 bits per heavy atom. The van der Waals surface area contributed by atoms with E-state index in [0.717, 1.165) is 15.6 Å². The van der Waals surface area contributed by atoms with E-state index >= 15 is 0 Å². The number of sulfonamides is 1. The molecule has 0 N–H and O–H groups in total. The average Bonchev–Trinajstić information content (AvgIpc) is 2.75. The van der Waals surface area contributed by atoms with E-state index in [1.165, 1.54) is 24.1 Å². The normalized spacial score (nSPS) is 12.2. The summed E-state index contributed by atoms with van der Waals surface area (Å²) in [6.45, 7) is 3.55. The fraction of sp³-hybridized carbons (Fsp3) is 0.545. The van der Waals surface area contributed by atoms with Gasteiger partial charge in [-0.1, -0.05) is 11.6 Å². The van der Waals surface area contributed by atoms with E-state index in [9.17, 15) is 13.2 Å². The molecule has 0 atom stereocenters. The highest BCUT2D eigenvalue weighted by Gasteiger charge is 2.26. The molecule has 0 aromatic carbocycles. The van der Waals surface area contributed by atoms with Crippen molar-refractivity contribution in [2.24, 2.45) is 0 Å². The lowest BCUT2D eigenvalue weighted by Crippen LogP contribution is -2.41. The third-order valence-corrected chi connectivity index (χ3v) is 6.24. The molecule has 0 unspecified atom stereocenters. The van der Waals surface area contributed by atoms with Crippen LogP contribution in [-0.2, 0) is 14.8 Å².